The topological polar surface area (TPSA) is 78.9 Å². The number of carbonyl (C=O) groups is 3. The Morgan fingerprint density at radius 3 is 0.740 bits per heavy atom. The second kappa shape index (κ2) is 65.9. The van der Waals surface area contributed by atoms with Gasteiger partial charge in [0.25, 0.3) is 0 Å². The van der Waals surface area contributed by atoms with Crippen molar-refractivity contribution in [1.29, 1.82) is 0 Å². The molecular formula is C71H130O6. The summed E-state index contributed by atoms with van der Waals surface area (Å²) < 4.78 is 17.0. The van der Waals surface area contributed by atoms with Crippen LogP contribution in [0.5, 0.6) is 0 Å². The molecule has 0 fully saturated rings. The first-order valence-electron chi connectivity index (χ1n) is 34.1. The Hall–Kier alpha value is -2.63. The minimum absolute atomic E-state index is 0.0734. The summed E-state index contributed by atoms with van der Waals surface area (Å²) in [7, 11) is 0. The maximum absolute atomic E-state index is 12.9. The van der Waals surface area contributed by atoms with E-state index in [2.05, 4.69) is 69.4 Å². The van der Waals surface area contributed by atoms with Crippen LogP contribution >= 0.6 is 0 Å². The van der Waals surface area contributed by atoms with Crippen molar-refractivity contribution in [3.05, 3.63) is 48.6 Å². The van der Waals surface area contributed by atoms with E-state index in [4.69, 9.17) is 14.2 Å². The minimum Gasteiger partial charge on any atom is -0.462 e. The average molecular weight is 1080 g/mol. The Morgan fingerprint density at radius 1 is 0.260 bits per heavy atom. The summed E-state index contributed by atoms with van der Waals surface area (Å²) in [6.07, 6.45) is 82.6. The van der Waals surface area contributed by atoms with E-state index in [-0.39, 0.29) is 31.1 Å². The lowest BCUT2D eigenvalue weighted by Gasteiger charge is -2.18. The third kappa shape index (κ3) is 64.1. The van der Waals surface area contributed by atoms with Crippen LogP contribution < -0.4 is 0 Å². The molecule has 1 atom stereocenters. The van der Waals surface area contributed by atoms with Gasteiger partial charge in [-0.05, 0) is 83.5 Å². The SMILES string of the molecule is CCCCC/C=C\C/C=C\CCCCCCCCCCCC(=O)OC(COC(=O)CCCCCCCCC/C=C\C/C=C\CCCCC)COC(=O)CCCCCCCCCCCCCCCCCCCCCCCCC. The number of unbranched alkanes of at least 4 members (excludes halogenated alkanes) is 44. The molecule has 0 amide bonds. The second-order valence-corrected chi connectivity index (χ2v) is 23.1. The minimum atomic E-state index is -0.778. The molecule has 0 saturated carbocycles. The van der Waals surface area contributed by atoms with Crippen molar-refractivity contribution >= 4 is 17.9 Å². The second-order valence-electron chi connectivity index (χ2n) is 23.1. The molecule has 1 unspecified atom stereocenters. The molecule has 0 aromatic carbocycles. The van der Waals surface area contributed by atoms with Gasteiger partial charge in [-0.3, -0.25) is 14.4 Å². The van der Waals surface area contributed by atoms with E-state index in [0.29, 0.717) is 19.3 Å². The normalized spacial score (nSPS) is 12.3. The third-order valence-corrected chi connectivity index (χ3v) is 15.3. The first-order valence-corrected chi connectivity index (χ1v) is 34.1. The van der Waals surface area contributed by atoms with Crippen LogP contribution in [-0.4, -0.2) is 37.2 Å². The summed E-state index contributed by atoms with van der Waals surface area (Å²) in [6, 6.07) is 0. The van der Waals surface area contributed by atoms with Crippen LogP contribution in [0.25, 0.3) is 0 Å². The number of hydrogen-bond acceptors (Lipinski definition) is 6. The van der Waals surface area contributed by atoms with E-state index < -0.39 is 6.10 Å². The average Bonchev–Trinajstić information content (AvgIpc) is 3.43. The van der Waals surface area contributed by atoms with Crippen molar-refractivity contribution < 1.29 is 28.6 Å². The Morgan fingerprint density at radius 2 is 0.468 bits per heavy atom. The lowest BCUT2D eigenvalue weighted by Crippen LogP contribution is -2.30. The number of ether oxygens (including phenoxy) is 3. The predicted molar refractivity (Wildman–Crippen MR) is 335 cm³/mol. The molecule has 0 aromatic rings. The number of esters is 3. The van der Waals surface area contributed by atoms with Gasteiger partial charge in [0.15, 0.2) is 6.10 Å². The van der Waals surface area contributed by atoms with Gasteiger partial charge in [-0.1, -0.05) is 313 Å². The van der Waals surface area contributed by atoms with Crippen molar-refractivity contribution in [3.8, 4) is 0 Å². The van der Waals surface area contributed by atoms with Gasteiger partial charge >= 0.3 is 17.9 Å². The molecule has 0 aliphatic rings. The van der Waals surface area contributed by atoms with Gasteiger partial charge in [-0.15, -0.1) is 0 Å². The van der Waals surface area contributed by atoms with Crippen molar-refractivity contribution in [2.45, 2.75) is 374 Å². The molecule has 0 spiro atoms. The molecule has 0 aliphatic carbocycles. The maximum atomic E-state index is 12.9. The Bertz CT molecular complexity index is 1330. The van der Waals surface area contributed by atoms with E-state index in [9.17, 15) is 14.4 Å². The summed E-state index contributed by atoms with van der Waals surface area (Å²) in [5.74, 6) is -0.861. The van der Waals surface area contributed by atoms with Crippen LogP contribution in [-0.2, 0) is 28.6 Å². The quantitative estimate of drug-likeness (QED) is 0.0261. The largest absolute Gasteiger partial charge is 0.462 e. The zero-order valence-corrected chi connectivity index (χ0v) is 51.7. The zero-order valence-electron chi connectivity index (χ0n) is 51.7. The van der Waals surface area contributed by atoms with Gasteiger partial charge in [0, 0.05) is 19.3 Å². The number of rotatable bonds is 63. The smallest absolute Gasteiger partial charge is 0.306 e. The molecule has 0 aromatic heterocycles. The number of allylic oxidation sites excluding steroid dienone is 8. The number of hydrogen-bond donors (Lipinski definition) is 0. The van der Waals surface area contributed by atoms with Gasteiger partial charge < -0.3 is 14.2 Å². The molecule has 0 rings (SSSR count). The van der Waals surface area contributed by atoms with Crippen LogP contribution in [0.4, 0.5) is 0 Å². The number of carbonyl (C=O) groups excluding carboxylic acids is 3. The Kier molecular flexibility index (Phi) is 63.6. The van der Waals surface area contributed by atoms with Crippen LogP contribution in [0.3, 0.4) is 0 Å². The molecule has 0 N–H and O–H groups in total. The lowest BCUT2D eigenvalue weighted by atomic mass is 10.0. The molecule has 0 saturated heterocycles. The van der Waals surface area contributed by atoms with Crippen LogP contribution in [0.2, 0.25) is 0 Å². The molecule has 0 aliphatic heterocycles. The molecule has 6 heteroatoms. The molecule has 0 radical (unpaired) electrons. The van der Waals surface area contributed by atoms with Crippen LogP contribution in [0.15, 0.2) is 48.6 Å². The van der Waals surface area contributed by atoms with Gasteiger partial charge in [-0.25, -0.2) is 0 Å². The Balaban J connectivity index is 4.32. The highest BCUT2D eigenvalue weighted by Gasteiger charge is 2.19. The van der Waals surface area contributed by atoms with Gasteiger partial charge in [-0.2, -0.15) is 0 Å². The standard InChI is InChI=1S/C71H130O6/c1-4-7-10-13-16-19-22-25-28-31-33-34-35-36-38-40-43-46-49-52-55-58-61-64-70(73)76-67-68(66-75-69(72)63-60-57-54-51-48-45-42-39-30-27-24-21-18-15-12-9-6-3)77-71(74)65-62-59-56-53-50-47-44-41-37-32-29-26-23-20-17-14-11-8-5-2/h17-18,20-21,26-27,29-30,68H,4-16,19,22-25,28,31-67H2,1-3H3/b20-17-,21-18-,29-26-,30-27-. The summed E-state index contributed by atoms with van der Waals surface area (Å²) in [4.78, 5) is 38.4. The summed E-state index contributed by atoms with van der Waals surface area (Å²) >= 11 is 0. The molecule has 0 bridgehead atoms. The fourth-order valence-corrected chi connectivity index (χ4v) is 10.2. The highest BCUT2D eigenvalue weighted by atomic mass is 16.6. The Labute approximate surface area is 479 Å². The fourth-order valence-electron chi connectivity index (χ4n) is 10.2. The third-order valence-electron chi connectivity index (χ3n) is 15.3. The van der Waals surface area contributed by atoms with Crippen molar-refractivity contribution in [3.63, 3.8) is 0 Å². The van der Waals surface area contributed by atoms with Crippen LogP contribution in [0, 0.1) is 0 Å². The highest BCUT2D eigenvalue weighted by Crippen LogP contribution is 2.18. The van der Waals surface area contributed by atoms with E-state index >= 15 is 0 Å². The first-order chi connectivity index (χ1) is 38.0. The fraction of sp³-hybridized carbons (Fsp3) is 0.845. The molecule has 450 valence electrons. The van der Waals surface area contributed by atoms with E-state index in [1.807, 2.05) is 0 Å². The molecule has 0 heterocycles. The van der Waals surface area contributed by atoms with Crippen molar-refractivity contribution in [2.75, 3.05) is 13.2 Å². The predicted octanol–water partition coefficient (Wildman–Crippen LogP) is 23.3. The van der Waals surface area contributed by atoms with Crippen LogP contribution in [0.1, 0.15) is 367 Å². The maximum Gasteiger partial charge on any atom is 0.306 e. The highest BCUT2D eigenvalue weighted by molar-refractivity contribution is 5.71. The van der Waals surface area contributed by atoms with Crippen molar-refractivity contribution in [1.82, 2.24) is 0 Å². The first kappa shape index (κ1) is 74.4. The molecule has 6 nitrogen and oxygen atoms in total. The van der Waals surface area contributed by atoms with Gasteiger partial charge in [0.1, 0.15) is 13.2 Å². The summed E-state index contributed by atoms with van der Waals surface area (Å²) in [6.45, 7) is 6.65. The van der Waals surface area contributed by atoms with Gasteiger partial charge in [0.05, 0.1) is 0 Å². The van der Waals surface area contributed by atoms with E-state index in [1.165, 1.54) is 250 Å². The summed E-state index contributed by atoms with van der Waals surface area (Å²) in [5.41, 5.74) is 0. The zero-order chi connectivity index (χ0) is 55.7. The lowest BCUT2D eigenvalue weighted by molar-refractivity contribution is -0.167. The van der Waals surface area contributed by atoms with E-state index in [1.54, 1.807) is 0 Å². The summed E-state index contributed by atoms with van der Waals surface area (Å²) in [5, 5.41) is 0. The van der Waals surface area contributed by atoms with E-state index in [0.717, 1.165) is 77.0 Å². The molecule has 77 heavy (non-hydrogen) atoms. The molecular weight excluding hydrogens is 949 g/mol. The monoisotopic (exact) mass is 1080 g/mol. The van der Waals surface area contributed by atoms with Crippen molar-refractivity contribution in [2.24, 2.45) is 0 Å². The van der Waals surface area contributed by atoms with Gasteiger partial charge in [0.2, 0.25) is 0 Å².